The molecule has 0 aliphatic heterocycles. The lowest BCUT2D eigenvalue weighted by atomic mass is 10.2. The van der Waals surface area contributed by atoms with Crippen molar-refractivity contribution in [1.82, 2.24) is 0 Å². The van der Waals surface area contributed by atoms with Crippen LogP contribution in [0.15, 0.2) is 38.0 Å². The Hall–Kier alpha value is -0.603. The summed E-state index contributed by atoms with van der Waals surface area (Å²) in [5.41, 5.74) is 0. The lowest BCUT2D eigenvalue weighted by molar-refractivity contribution is 0.386. The monoisotopic (exact) mass is 252 g/mol. The maximum absolute atomic E-state index is 5.94. The molecule has 0 amide bonds. The van der Waals surface area contributed by atoms with Gasteiger partial charge >= 0.3 is 0 Å². The number of hydrogen-bond acceptors (Lipinski definition) is 1. The molecule has 98 valence electrons. The minimum absolute atomic E-state index is 1.08. The molecule has 0 bridgehead atoms. The van der Waals surface area contributed by atoms with Gasteiger partial charge in [-0.3, -0.25) is 0 Å². The zero-order chi connectivity index (χ0) is 13.0. The molecule has 0 aromatic carbocycles. The van der Waals surface area contributed by atoms with Crippen LogP contribution < -0.4 is 0 Å². The molecule has 0 heterocycles. The second-order valence-electron chi connectivity index (χ2n) is 4.58. The summed E-state index contributed by atoms with van der Waals surface area (Å²) >= 11 is 0. The van der Waals surface area contributed by atoms with Gasteiger partial charge in [-0.25, -0.2) is 0 Å². The Labute approximate surface area is 108 Å². The largest absolute Gasteiger partial charge is 0.420 e. The van der Waals surface area contributed by atoms with Crippen molar-refractivity contribution in [3.63, 3.8) is 0 Å². The molecule has 0 saturated carbocycles. The van der Waals surface area contributed by atoms with E-state index in [1.54, 1.807) is 0 Å². The lowest BCUT2D eigenvalue weighted by Gasteiger charge is -2.29. The third kappa shape index (κ3) is 7.34. The molecule has 0 saturated heterocycles. The van der Waals surface area contributed by atoms with Gasteiger partial charge in [0.1, 0.15) is 0 Å². The van der Waals surface area contributed by atoms with E-state index in [-0.39, 0.29) is 0 Å². The molecule has 0 unspecified atom stereocenters. The molecule has 0 aliphatic carbocycles. The fourth-order valence-corrected chi connectivity index (χ4v) is 5.86. The molecule has 0 N–H and O–H groups in total. The average Bonchev–Trinajstić information content (AvgIpc) is 2.37. The average molecular weight is 252 g/mol. The van der Waals surface area contributed by atoms with Crippen LogP contribution in [0, 0.1) is 0 Å². The zero-order valence-electron chi connectivity index (χ0n) is 11.4. The van der Waals surface area contributed by atoms with Gasteiger partial charge in [-0.05, 0) is 37.4 Å². The van der Waals surface area contributed by atoms with Crippen molar-refractivity contribution < 1.29 is 4.43 Å². The van der Waals surface area contributed by atoms with E-state index in [0.717, 1.165) is 19.3 Å². The highest BCUT2D eigenvalue weighted by molar-refractivity contribution is 6.73. The molecule has 1 nitrogen and oxygen atoms in total. The van der Waals surface area contributed by atoms with Crippen molar-refractivity contribution in [3.05, 3.63) is 38.0 Å². The highest BCUT2D eigenvalue weighted by Gasteiger charge is 2.31. The van der Waals surface area contributed by atoms with E-state index in [9.17, 15) is 0 Å². The molecule has 0 atom stereocenters. The van der Waals surface area contributed by atoms with Gasteiger partial charge in [0, 0.05) is 7.11 Å². The van der Waals surface area contributed by atoms with Crippen LogP contribution in [0.2, 0.25) is 18.1 Å². The number of allylic oxidation sites excluding steroid dienone is 3. The fourth-order valence-electron chi connectivity index (χ4n) is 2.15. The normalized spacial score (nSPS) is 11.1. The van der Waals surface area contributed by atoms with Gasteiger partial charge in [-0.1, -0.05) is 31.1 Å². The van der Waals surface area contributed by atoms with Gasteiger partial charge < -0.3 is 4.43 Å². The lowest BCUT2D eigenvalue weighted by Crippen LogP contribution is -2.36. The second kappa shape index (κ2) is 10.5. The molecule has 17 heavy (non-hydrogen) atoms. The molecule has 0 rings (SSSR count). The highest BCUT2D eigenvalue weighted by atomic mass is 28.4. The van der Waals surface area contributed by atoms with E-state index in [1.165, 1.54) is 31.0 Å². The van der Waals surface area contributed by atoms with Gasteiger partial charge in [0.05, 0.1) is 0 Å². The van der Waals surface area contributed by atoms with Crippen molar-refractivity contribution >= 4 is 8.32 Å². The fraction of sp³-hybridized carbons (Fsp3) is 0.600. The quantitative estimate of drug-likeness (QED) is 0.267. The Bertz CT molecular complexity index is 211. The summed E-state index contributed by atoms with van der Waals surface area (Å²) in [5, 5.41) is 0. The van der Waals surface area contributed by atoms with Gasteiger partial charge in [0.25, 0.3) is 0 Å². The molecule has 0 aromatic rings. The van der Waals surface area contributed by atoms with Crippen LogP contribution in [0.25, 0.3) is 0 Å². The Morgan fingerprint density at radius 3 is 1.76 bits per heavy atom. The van der Waals surface area contributed by atoms with Gasteiger partial charge in [0.2, 0.25) is 0 Å². The Morgan fingerprint density at radius 1 is 0.824 bits per heavy atom. The molecule has 0 spiro atoms. The summed E-state index contributed by atoms with van der Waals surface area (Å²) in [6.07, 6.45) is 11.8. The first-order valence-electron chi connectivity index (χ1n) is 6.62. The summed E-state index contributed by atoms with van der Waals surface area (Å²) < 4.78 is 5.94. The van der Waals surface area contributed by atoms with Crippen LogP contribution in [0.3, 0.4) is 0 Å². The summed E-state index contributed by atoms with van der Waals surface area (Å²) in [4.78, 5) is 0. The second-order valence-corrected chi connectivity index (χ2v) is 8.85. The van der Waals surface area contributed by atoms with Crippen molar-refractivity contribution in [2.45, 2.75) is 50.2 Å². The smallest absolute Gasteiger partial charge is 0.192 e. The molecule has 2 heteroatoms. The topological polar surface area (TPSA) is 9.23 Å². The summed E-state index contributed by atoms with van der Waals surface area (Å²) in [6.45, 7) is 11.4. The number of rotatable bonds is 12. The third-order valence-electron chi connectivity index (χ3n) is 3.33. The minimum atomic E-state index is -1.54. The van der Waals surface area contributed by atoms with E-state index in [0.29, 0.717) is 0 Å². The zero-order valence-corrected chi connectivity index (χ0v) is 12.4. The SMILES string of the molecule is C=CCCCC[Si](CCC=C)(CCC=C)OC. The number of hydrogen-bond donors (Lipinski definition) is 0. The predicted molar refractivity (Wildman–Crippen MR) is 80.9 cm³/mol. The van der Waals surface area contributed by atoms with Crippen LogP contribution in [-0.4, -0.2) is 15.4 Å². The highest BCUT2D eigenvalue weighted by Crippen LogP contribution is 2.28. The standard InChI is InChI=1S/C15H28OSi/c1-5-8-11-12-15-17(16-4,13-9-6-2)14-10-7-3/h5-7H,1-3,8-15H2,4H3. The third-order valence-corrected chi connectivity index (χ3v) is 7.86. The minimum Gasteiger partial charge on any atom is -0.420 e. The van der Waals surface area contributed by atoms with Crippen LogP contribution in [0.1, 0.15) is 32.1 Å². The molecule has 0 aliphatic rings. The van der Waals surface area contributed by atoms with Gasteiger partial charge in [0.15, 0.2) is 8.32 Å². The van der Waals surface area contributed by atoms with Crippen LogP contribution in [-0.2, 0) is 4.43 Å². The van der Waals surface area contributed by atoms with E-state index in [2.05, 4.69) is 19.7 Å². The van der Waals surface area contributed by atoms with Crippen molar-refractivity contribution in [2.75, 3.05) is 7.11 Å². The Balaban J connectivity index is 4.25. The first-order valence-corrected chi connectivity index (χ1v) is 9.15. The van der Waals surface area contributed by atoms with Crippen LogP contribution in [0.5, 0.6) is 0 Å². The van der Waals surface area contributed by atoms with E-state index in [1.807, 2.05) is 25.3 Å². The van der Waals surface area contributed by atoms with E-state index < -0.39 is 8.32 Å². The first-order chi connectivity index (χ1) is 8.24. The van der Waals surface area contributed by atoms with Gasteiger partial charge in [-0.15, -0.1) is 19.7 Å². The predicted octanol–water partition coefficient (Wildman–Crippen LogP) is 5.09. The Kier molecular flexibility index (Phi) is 10.2. The maximum Gasteiger partial charge on any atom is 0.192 e. The molecular formula is C15H28OSi. The molecule has 0 radical (unpaired) electrons. The molecule has 0 fully saturated rings. The van der Waals surface area contributed by atoms with Crippen LogP contribution in [0.4, 0.5) is 0 Å². The van der Waals surface area contributed by atoms with E-state index >= 15 is 0 Å². The summed E-state index contributed by atoms with van der Waals surface area (Å²) in [7, 11) is 0.357. The Morgan fingerprint density at radius 2 is 1.35 bits per heavy atom. The summed E-state index contributed by atoms with van der Waals surface area (Å²) in [5.74, 6) is 0. The first kappa shape index (κ1) is 16.4. The van der Waals surface area contributed by atoms with Crippen LogP contribution >= 0.6 is 0 Å². The van der Waals surface area contributed by atoms with E-state index in [4.69, 9.17) is 4.43 Å². The van der Waals surface area contributed by atoms with Crippen molar-refractivity contribution in [3.8, 4) is 0 Å². The van der Waals surface area contributed by atoms with Crippen molar-refractivity contribution in [2.24, 2.45) is 0 Å². The van der Waals surface area contributed by atoms with Crippen molar-refractivity contribution in [1.29, 1.82) is 0 Å². The molecular weight excluding hydrogens is 224 g/mol. The summed E-state index contributed by atoms with van der Waals surface area (Å²) in [6, 6.07) is 3.67. The maximum atomic E-state index is 5.94. The van der Waals surface area contributed by atoms with Gasteiger partial charge in [-0.2, -0.15) is 0 Å². The number of unbranched alkanes of at least 4 members (excludes halogenated alkanes) is 2. The molecule has 0 aromatic heterocycles.